The fraction of sp³-hybridized carbons (Fsp3) is 0.938. The van der Waals surface area contributed by atoms with Crippen LogP contribution in [0.1, 0.15) is 71.6 Å². The van der Waals surface area contributed by atoms with Gasteiger partial charge in [-0.05, 0) is 50.0 Å². The second-order valence-corrected chi connectivity index (χ2v) is 6.23. The molecule has 3 nitrogen and oxygen atoms in total. The van der Waals surface area contributed by atoms with Crippen molar-refractivity contribution in [3.8, 4) is 0 Å². The first-order chi connectivity index (χ1) is 9.15. The zero-order valence-corrected chi connectivity index (χ0v) is 12.8. The van der Waals surface area contributed by atoms with Gasteiger partial charge in [-0.25, -0.2) is 0 Å². The Labute approximate surface area is 118 Å². The molecule has 0 aromatic heterocycles. The summed E-state index contributed by atoms with van der Waals surface area (Å²) in [6.45, 7) is 6.06. The van der Waals surface area contributed by atoms with Crippen molar-refractivity contribution in [2.24, 2.45) is 17.1 Å². The minimum atomic E-state index is 0.232. The first-order valence-electron chi connectivity index (χ1n) is 8.12. The monoisotopic (exact) mass is 268 g/mol. The lowest BCUT2D eigenvalue weighted by Crippen LogP contribution is -2.35. The van der Waals surface area contributed by atoms with Gasteiger partial charge >= 0.3 is 0 Å². The highest BCUT2D eigenvalue weighted by Gasteiger charge is 2.32. The van der Waals surface area contributed by atoms with Crippen molar-refractivity contribution in [2.75, 3.05) is 13.1 Å². The number of nitrogens with one attached hydrogen (secondary N) is 1. The third kappa shape index (κ3) is 5.52. The van der Waals surface area contributed by atoms with Crippen molar-refractivity contribution < 1.29 is 4.79 Å². The Morgan fingerprint density at radius 3 is 2.47 bits per heavy atom. The molecule has 1 saturated carbocycles. The van der Waals surface area contributed by atoms with E-state index in [1.165, 1.54) is 32.1 Å². The lowest BCUT2D eigenvalue weighted by atomic mass is 9.83. The number of carbonyl (C=O) groups is 1. The zero-order chi connectivity index (χ0) is 14.1. The number of nitrogens with two attached hydrogens (primary N) is 1. The maximum absolute atomic E-state index is 11.9. The summed E-state index contributed by atoms with van der Waals surface area (Å²) in [5, 5.41) is 3.17. The highest BCUT2D eigenvalue weighted by Crippen LogP contribution is 2.40. The highest BCUT2D eigenvalue weighted by molar-refractivity contribution is 5.75. The minimum absolute atomic E-state index is 0.232. The van der Waals surface area contributed by atoms with Gasteiger partial charge in [0, 0.05) is 13.0 Å². The van der Waals surface area contributed by atoms with Crippen molar-refractivity contribution in [3.63, 3.8) is 0 Å². The second kappa shape index (κ2) is 8.57. The molecule has 1 fully saturated rings. The van der Waals surface area contributed by atoms with Crippen LogP contribution in [0.15, 0.2) is 0 Å². The molecule has 0 heterocycles. The van der Waals surface area contributed by atoms with Crippen molar-refractivity contribution in [2.45, 2.75) is 71.6 Å². The average molecular weight is 268 g/mol. The fourth-order valence-electron chi connectivity index (χ4n) is 3.28. The molecule has 0 radical (unpaired) electrons. The van der Waals surface area contributed by atoms with E-state index in [2.05, 4.69) is 19.2 Å². The van der Waals surface area contributed by atoms with Crippen LogP contribution in [0, 0.1) is 11.3 Å². The van der Waals surface area contributed by atoms with Crippen LogP contribution in [0.2, 0.25) is 0 Å². The number of rotatable bonds is 9. The van der Waals surface area contributed by atoms with Crippen LogP contribution in [0.5, 0.6) is 0 Å². The maximum atomic E-state index is 11.9. The van der Waals surface area contributed by atoms with E-state index in [-0.39, 0.29) is 5.91 Å². The standard InChI is InChI=1S/C16H32N2O/c1-3-14(9-12-17)7-8-15(19)18-13-16(4-2)10-5-6-11-16/h14H,3-13,17H2,1-2H3,(H,18,19). The van der Waals surface area contributed by atoms with E-state index in [4.69, 9.17) is 5.73 Å². The molecule has 3 N–H and O–H groups in total. The molecule has 1 amide bonds. The van der Waals surface area contributed by atoms with Gasteiger partial charge in [0.25, 0.3) is 0 Å². The summed E-state index contributed by atoms with van der Waals surface area (Å²) < 4.78 is 0. The fourth-order valence-corrected chi connectivity index (χ4v) is 3.28. The van der Waals surface area contributed by atoms with Crippen LogP contribution in [-0.2, 0) is 4.79 Å². The largest absolute Gasteiger partial charge is 0.356 e. The van der Waals surface area contributed by atoms with E-state index >= 15 is 0 Å². The molecule has 1 aliphatic carbocycles. The lowest BCUT2D eigenvalue weighted by molar-refractivity contribution is -0.121. The van der Waals surface area contributed by atoms with E-state index in [0.29, 0.717) is 17.8 Å². The Morgan fingerprint density at radius 2 is 1.95 bits per heavy atom. The van der Waals surface area contributed by atoms with Gasteiger partial charge in [-0.3, -0.25) is 4.79 Å². The van der Waals surface area contributed by atoms with Crippen molar-refractivity contribution in [1.82, 2.24) is 5.32 Å². The Hall–Kier alpha value is -0.570. The molecule has 0 aromatic carbocycles. The maximum Gasteiger partial charge on any atom is 0.220 e. The predicted octanol–water partition coefficient (Wildman–Crippen LogP) is 3.23. The second-order valence-electron chi connectivity index (χ2n) is 6.23. The number of carbonyl (C=O) groups excluding carboxylic acids is 1. The van der Waals surface area contributed by atoms with Gasteiger partial charge in [0.05, 0.1) is 0 Å². The molecular formula is C16H32N2O. The summed E-state index contributed by atoms with van der Waals surface area (Å²) >= 11 is 0. The summed E-state index contributed by atoms with van der Waals surface area (Å²) in [6, 6.07) is 0. The molecule has 1 unspecified atom stereocenters. The predicted molar refractivity (Wildman–Crippen MR) is 80.9 cm³/mol. The Kier molecular flexibility index (Phi) is 7.44. The molecule has 112 valence electrons. The SMILES string of the molecule is CCC(CCN)CCC(=O)NCC1(CC)CCCC1. The van der Waals surface area contributed by atoms with Gasteiger partial charge in [0.15, 0.2) is 0 Å². The number of hydrogen-bond acceptors (Lipinski definition) is 2. The van der Waals surface area contributed by atoms with Gasteiger partial charge in [0.1, 0.15) is 0 Å². The van der Waals surface area contributed by atoms with Gasteiger partial charge in [-0.15, -0.1) is 0 Å². The van der Waals surface area contributed by atoms with Crippen molar-refractivity contribution in [1.29, 1.82) is 0 Å². The molecule has 0 bridgehead atoms. The lowest BCUT2D eigenvalue weighted by Gasteiger charge is -2.27. The quantitative estimate of drug-likeness (QED) is 0.674. The molecular weight excluding hydrogens is 236 g/mol. The van der Waals surface area contributed by atoms with Crippen LogP contribution in [0.4, 0.5) is 0 Å². The summed E-state index contributed by atoms with van der Waals surface area (Å²) in [5.41, 5.74) is 5.99. The molecule has 0 aromatic rings. The first-order valence-corrected chi connectivity index (χ1v) is 8.12. The molecule has 0 spiro atoms. The van der Waals surface area contributed by atoms with Gasteiger partial charge in [-0.2, -0.15) is 0 Å². The molecule has 1 rings (SSSR count). The first kappa shape index (κ1) is 16.5. The van der Waals surface area contributed by atoms with Crippen LogP contribution >= 0.6 is 0 Å². The Balaban J connectivity index is 2.23. The van der Waals surface area contributed by atoms with Gasteiger partial charge in [-0.1, -0.05) is 33.1 Å². The van der Waals surface area contributed by atoms with E-state index in [9.17, 15) is 4.79 Å². The normalized spacial score (nSPS) is 19.3. The van der Waals surface area contributed by atoms with E-state index < -0.39 is 0 Å². The van der Waals surface area contributed by atoms with Crippen molar-refractivity contribution >= 4 is 5.91 Å². The van der Waals surface area contributed by atoms with E-state index in [0.717, 1.165) is 32.4 Å². The Morgan fingerprint density at radius 1 is 1.26 bits per heavy atom. The van der Waals surface area contributed by atoms with E-state index in [1.807, 2.05) is 0 Å². The van der Waals surface area contributed by atoms with Crippen LogP contribution in [-0.4, -0.2) is 19.0 Å². The van der Waals surface area contributed by atoms with Crippen LogP contribution < -0.4 is 11.1 Å². The summed E-state index contributed by atoms with van der Waals surface area (Å²) in [5.74, 6) is 0.845. The van der Waals surface area contributed by atoms with Crippen LogP contribution in [0.3, 0.4) is 0 Å². The van der Waals surface area contributed by atoms with E-state index in [1.54, 1.807) is 0 Å². The molecule has 0 aliphatic heterocycles. The van der Waals surface area contributed by atoms with Crippen LogP contribution in [0.25, 0.3) is 0 Å². The molecule has 3 heteroatoms. The molecule has 1 aliphatic rings. The topological polar surface area (TPSA) is 55.1 Å². The average Bonchev–Trinajstić information content (AvgIpc) is 2.90. The van der Waals surface area contributed by atoms with Gasteiger partial charge < -0.3 is 11.1 Å². The number of amides is 1. The third-order valence-corrected chi connectivity index (χ3v) is 5.01. The molecule has 0 saturated heterocycles. The minimum Gasteiger partial charge on any atom is -0.356 e. The smallest absolute Gasteiger partial charge is 0.220 e. The summed E-state index contributed by atoms with van der Waals surface area (Å²) in [6.07, 6.45) is 10.3. The highest BCUT2D eigenvalue weighted by atomic mass is 16.1. The number of hydrogen-bond donors (Lipinski definition) is 2. The Bertz CT molecular complexity index is 259. The third-order valence-electron chi connectivity index (χ3n) is 5.01. The zero-order valence-electron chi connectivity index (χ0n) is 12.8. The van der Waals surface area contributed by atoms with Gasteiger partial charge in [0.2, 0.25) is 5.91 Å². The molecule has 19 heavy (non-hydrogen) atoms. The molecule has 1 atom stereocenters. The summed E-state index contributed by atoms with van der Waals surface area (Å²) in [4.78, 5) is 11.9. The summed E-state index contributed by atoms with van der Waals surface area (Å²) in [7, 11) is 0. The van der Waals surface area contributed by atoms with Crippen molar-refractivity contribution in [3.05, 3.63) is 0 Å².